The van der Waals surface area contributed by atoms with E-state index in [1.165, 1.54) is 0 Å². The third-order valence-corrected chi connectivity index (χ3v) is 5.21. The zero-order chi connectivity index (χ0) is 19.6. The first-order valence-electron chi connectivity index (χ1n) is 9.63. The second-order valence-corrected chi connectivity index (χ2v) is 7.08. The maximum absolute atomic E-state index is 12.3. The normalized spacial score (nSPS) is 16.1. The monoisotopic (exact) mass is 384 g/mol. The average Bonchev–Trinajstić information content (AvgIpc) is 3.05. The van der Waals surface area contributed by atoms with Gasteiger partial charge in [0.2, 0.25) is 5.91 Å². The maximum atomic E-state index is 12.3. The van der Waals surface area contributed by atoms with Crippen molar-refractivity contribution in [1.82, 2.24) is 19.7 Å². The molecule has 1 atom stereocenters. The number of carbonyl (C=O) groups is 1. The predicted octanol–water partition coefficient (Wildman–Crippen LogP) is 3.46. The molecule has 1 aliphatic heterocycles. The minimum absolute atomic E-state index is 0.0353. The zero-order valence-electron chi connectivity index (χ0n) is 15.8. The molecule has 144 valence electrons. The van der Waals surface area contributed by atoms with Gasteiger partial charge in [0, 0.05) is 24.7 Å². The van der Waals surface area contributed by atoms with Crippen LogP contribution in [0.15, 0.2) is 73.1 Å². The average molecular weight is 384 g/mol. The highest BCUT2D eigenvalue weighted by Gasteiger charge is 2.28. The lowest BCUT2D eigenvalue weighted by Crippen LogP contribution is -2.21. The molecule has 0 unspecified atom stereocenters. The Balaban J connectivity index is 1.44. The molecule has 1 N–H and O–H groups in total. The van der Waals surface area contributed by atoms with Crippen molar-refractivity contribution in [2.24, 2.45) is 0 Å². The summed E-state index contributed by atoms with van der Waals surface area (Å²) in [4.78, 5) is 21.3. The van der Waals surface area contributed by atoms with Gasteiger partial charge in [-0.3, -0.25) is 9.78 Å². The van der Waals surface area contributed by atoms with E-state index < -0.39 is 0 Å². The molecule has 1 aromatic carbocycles. The number of nitrogens with one attached hydrogen (secondary N) is 1. The quantitative estimate of drug-likeness (QED) is 0.585. The summed E-state index contributed by atoms with van der Waals surface area (Å²) in [6.45, 7) is 0.876. The summed E-state index contributed by atoms with van der Waals surface area (Å²) < 4.78 is 7.93. The number of benzene rings is 1. The molecule has 1 amide bonds. The van der Waals surface area contributed by atoms with Gasteiger partial charge in [0.25, 0.3) is 0 Å². The van der Waals surface area contributed by atoms with Crippen LogP contribution in [-0.4, -0.2) is 20.3 Å². The Bertz CT molecular complexity index is 1150. The highest BCUT2D eigenvalue weighted by atomic mass is 16.5. The Morgan fingerprint density at radius 1 is 1.07 bits per heavy atom. The second-order valence-electron chi connectivity index (χ2n) is 7.08. The first-order chi connectivity index (χ1) is 14.3. The number of hydrogen-bond donors (Lipinski definition) is 1. The van der Waals surface area contributed by atoms with Gasteiger partial charge in [-0.25, -0.2) is 4.98 Å². The molecule has 29 heavy (non-hydrogen) atoms. The van der Waals surface area contributed by atoms with Crippen LogP contribution in [0.25, 0.3) is 5.65 Å². The lowest BCUT2D eigenvalue weighted by molar-refractivity contribution is -0.121. The van der Waals surface area contributed by atoms with Crippen LogP contribution in [0.1, 0.15) is 35.0 Å². The third kappa shape index (κ3) is 3.45. The van der Waals surface area contributed by atoms with E-state index in [1.807, 2.05) is 66.9 Å². The summed E-state index contributed by atoms with van der Waals surface area (Å²) in [6.07, 6.45) is 4.16. The number of aromatic nitrogens is 3. The first-order valence-corrected chi connectivity index (χ1v) is 9.63. The lowest BCUT2D eigenvalue weighted by Gasteiger charge is -2.16. The summed E-state index contributed by atoms with van der Waals surface area (Å²) in [6, 6.07) is 19.7. The predicted molar refractivity (Wildman–Crippen MR) is 109 cm³/mol. The van der Waals surface area contributed by atoms with E-state index >= 15 is 0 Å². The highest BCUT2D eigenvalue weighted by molar-refractivity contribution is 5.78. The molecule has 5 rings (SSSR count). The van der Waals surface area contributed by atoms with Crippen molar-refractivity contribution < 1.29 is 9.53 Å². The summed E-state index contributed by atoms with van der Waals surface area (Å²) in [5.41, 5.74) is 4.84. The Hall–Kier alpha value is -3.67. The first kappa shape index (κ1) is 17.4. The van der Waals surface area contributed by atoms with Crippen LogP contribution in [0.3, 0.4) is 0 Å². The maximum Gasteiger partial charge on any atom is 0.221 e. The fourth-order valence-corrected chi connectivity index (χ4v) is 3.81. The number of pyridine rings is 2. The number of nitrogens with zero attached hydrogens (tertiary/aromatic N) is 3. The van der Waals surface area contributed by atoms with Crippen molar-refractivity contribution in [3.05, 3.63) is 95.7 Å². The standard InChI is InChI=1S/C23H20N4O2/c28-22-13-19(23-20(14-25-22)26-21-6-2-4-12-27(21)23)16-7-9-18(10-8-16)29-15-17-5-1-3-11-24-17/h1-12,19H,13-15H2,(H,25,28)/t19-/m1/s1. The van der Waals surface area contributed by atoms with Gasteiger partial charge in [-0.1, -0.05) is 24.3 Å². The van der Waals surface area contributed by atoms with Gasteiger partial charge in [-0.2, -0.15) is 0 Å². The summed E-state index contributed by atoms with van der Waals surface area (Å²) in [5.74, 6) is 0.749. The zero-order valence-corrected chi connectivity index (χ0v) is 15.8. The van der Waals surface area contributed by atoms with E-state index in [0.29, 0.717) is 19.6 Å². The van der Waals surface area contributed by atoms with Gasteiger partial charge in [0.15, 0.2) is 0 Å². The Kier molecular flexibility index (Phi) is 4.44. The number of hydrogen-bond acceptors (Lipinski definition) is 4. The number of amides is 1. The van der Waals surface area contributed by atoms with Crippen molar-refractivity contribution >= 4 is 11.6 Å². The van der Waals surface area contributed by atoms with Gasteiger partial charge < -0.3 is 14.5 Å². The molecule has 6 heteroatoms. The molecule has 0 spiro atoms. The Morgan fingerprint density at radius 3 is 2.76 bits per heavy atom. The van der Waals surface area contributed by atoms with Gasteiger partial charge in [0.1, 0.15) is 18.0 Å². The fraction of sp³-hybridized carbons (Fsp3) is 0.174. The number of fused-ring (bicyclic) bond motifs is 3. The van der Waals surface area contributed by atoms with Gasteiger partial charge >= 0.3 is 0 Å². The molecule has 4 aromatic rings. The van der Waals surface area contributed by atoms with E-state index in [2.05, 4.69) is 14.7 Å². The minimum Gasteiger partial charge on any atom is -0.487 e. The summed E-state index contributed by atoms with van der Waals surface area (Å²) in [5, 5.41) is 2.96. The molecule has 0 aliphatic carbocycles. The highest BCUT2D eigenvalue weighted by Crippen LogP contribution is 2.34. The van der Waals surface area contributed by atoms with Crippen LogP contribution >= 0.6 is 0 Å². The number of rotatable bonds is 4. The van der Waals surface area contributed by atoms with Crippen molar-refractivity contribution in [3.8, 4) is 5.75 Å². The van der Waals surface area contributed by atoms with Gasteiger partial charge in [-0.05, 0) is 42.0 Å². The molecule has 4 heterocycles. The third-order valence-electron chi connectivity index (χ3n) is 5.21. The van der Waals surface area contributed by atoms with Crippen molar-refractivity contribution in [2.45, 2.75) is 25.5 Å². The smallest absolute Gasteiger partial charge is 0.221 e. The molecule has 0 saturated carbocycles. The van der Waals surface area contributed by atoms with E-state index in [0.717, 1.165) is 34.0 Å². The van der Waals surface area contributed by atoms with E-state index in [9.17, 15) is 4.79 Å². The fourth-order valence-electron chi connectivity index (χ4n) is 3.81. The number of ether oxygens (including phenoxy) is 1. The molecule has 3 aromatic heterocycles. The van der Waals surface area contributed by atoms with Crippen molar-refractivity contribution in [3.63, 3.8) is 0 Å². The van der Waals surface area contributed by atoms with Crippen LogP contribution in [0, 0.1) is 0 Å². The van der Waals surface area contributed by atoms with Crippen LogP contribution in [0.2, 0.25) is 0 Å². The number of carbonyl (C=O) groups excluding carboxylic acids is 1. The van der Waals surface area contributed by atoms with Crippen LogP contribution in [-0.2, 0) is 17.9 Å². The second kappa shape index (κ2) is 7.39. The SMILES string of the molecule is O=C1C[C@H](c2ccc(OCc3ccccn3)cc2)c2c(nc3ccccn23)CN1. The number of imidazole rings is 1. The Labute approximate surface area is 168 Å². The summed E-state index contributed by atoms with van der Waals surface area (Å²) >= 11 is 0. The summed E-state index contributed by atoms with van der Waals surface area (Å²) in [7, 11) is 0. The molecule has 6 nitrogen and oxygen atoms in total. The van der Waals surface area contributed by atoms with Gasteiger partial charge in [-0.15, -0.1) is 0 Å². The van der Waals surface area contributed by atoms with Crippen molar-refractivity contribution in [1.29, 1.82) is 0 Å². The Morgan fingerprint density at radius 2 is 1.93 bits per heavy atom. The molecule has 1 aliphatic rings. The van der Waals surface area contributed by atoms with E-state index in [4.69, 9.17) is 9.72 Å². The largest absolute Gasteiger partial charge is 0.487 e. The molecular formula is C23H20N4O2. The van der Waals surface area contributed by atoms with E-state index in [1.54, 1.807) is 6.20 Å². The molecule has 0 fully saturated rings. The van der Waals surface area contributed by atoms with Crippen LogP contribution in [0.4, 0.5) is 0 Å². The molecule has 0 radical (unpaired) electrons. The van der Waals surface area contributed by atoms with Gasteiger partial charge in [0.05, 0.1) is 23.6 Å². The molecule has 0 bridgehead atoms. The van der Waals surface area contributed by atoms with Crippen LogP contribution in [0.5, 0.6) is 5.75 Å². The topological polar surface area (TPSA) is 68.5 Å². The van der Waals surface area contributed by atoms with Crippen LogP contribution < -0.4 is 10.1 Å². The van der Waals surface area contributed by atoms with E-state index in [-0.39, 0.29) is 11.8 Å². The lowest BCUT2D eigenvalue weighted by atomic mass is 9.91. The molecule has 0 saturated heterocycles. The van der Waals surface area contributed by atoms with Crippen molar-refractivity contribution in [2.75, 3.05) is 0 Å². The minimum atomic E-state index is -0.0604. The molecular weight excluding hydrogens is 364 g/mol.